The Kier molecular flexibility index (Phi) is 3.92. The number of carbonyl (C=O) groups is 1. The van der Waals surface area contributed by atoms with Crippen LogP contribution in [0.5, 0.6) is 0 Å². The number of hydrogen-bond donors (Lipinski definition) is 1. The van der Waals surface area contributed by atoms with Gasteiger partial charge in [-0.05, 0) is 43.7 Å². The van der Waals surface area contributed by atoms with Gasteiger partial charge in [-0.2, -0.15) is 5.10 Å². The minimum absolute atomic E-state index is 0.0555. The molecular formula is C16H12Cl2N2O3. The molecule has 0 unspecified atom stereocenters. The average molecular weight is 351 g/mol. The summed E-state index contributed by atoms with van der Waals surface area (Å²) in [7, 11) is 0. The second kappa shape index (κ2) is 5.76. The zero-order chi connectivity index (χ0) is 16.7. The lowest BCUT2D eigenvalue weighted by Gasteiger charge is -2.08. The first-order valence-corrected chi connectivity index (χ1v) is 7.48. The van der Waals surface area contributed by atoms with Gasteiger partial charge in [0.25, 0.3) is 0 Å². The molecule has 0 spiro atoms. The molecule has 2 aromatic heterocycles. The molecule has 3 rings (SSSR count). The van der Waals surface area contributed by atoms with Gasteiger partial charge in [-0.3, -0.25) is 0 Å². The van der Waals surface area contributed by atoms with Crippen LogP contribution in [0.4, 0.5) is 0 Å². The molecule has 2 heterocycles. The molecule has 23 heavy (non-hydrogen) atoms. The number of rotatable bonds is 3. The van der Waals surface area contributed by atoms with Gasteiger partial charge >= 0.3 is 5.97 Å². The Bertz CT molecular complexity index is 912. The van der Waals surface area contributed by atoms with E-state index in [1.54, 1.807) is 31.4 Å². The highest BCUT2D eigenvalue weighted by Gasteiger charge is 2.24. The van der Waals surface area contributed by atoms with E-state index >= 15 is 0 Å². The summed E-state index contributed by atoms with van der Waals surface area (Å²) >= 11 is 12.2. The number of aromatic carboxylic acids is 1. The number of carboxylic acid groups (broad SMARTS) is 1. The van der Waals surface area contributed by atoms with Crippen LogP contribution in [0.15, 0.2) is 34.9 Å². The summed E-state index contributed by atoms with van der Waals surface area (Å²) in [4.78, 5) is 11.4. The lowest BCUT2D eigenvalue weighted by molar-refractivity contribution is 0.0689. The van der Waals surface area contributed by atoms with Gasteiger partial charge in [0, 0.05) is 10.6 Å². The number of aryl methyl sites for hydroxylation is 1. The molecule has 0 radical (unpaired) electrons. The van der Waals surface area contributed by atoms with Crippen LogP contribution in [0.3, 0.4) is 0 Å². The minimum Gasteiger partial charge on any atom is -0.476 e. The van der Waals surface area contributed by atoms with Crippen molar-refractivity contribution in [3.63, 3.8) is 0 Å². The quantitative estimate of drug-likeness (QED) is 0.739. The summed E-state index contributed by atoms with van der Waals surface area (Å²) in [6, 6.07) is 6.74. The van der Waals surface area contributed by atoms with Crippen molar-refractivity contribution in [3.05, 3.63) is 57.4 Å². The van der Waals surface area contributed by atoms with Crippen molar-refractivity contribution in [2.75, 3.05) is 0 Å². The van der Waals surface area contributed by atoms with Gasteiger partial charge in [0.2, 0.25) is 0 Å². The third-order valence-corrected chi connectivity index (χ3v) is 3.96. The molecule has 1 N–H and O–H groups in total. The fourth-order valence-electron chi connectivity index (χ4n) is 2.37. The van der Waals surface area contributed by atoms with Crippen molar-refractivity contribution in [2.45, 2.75) is 13.8 Å². The maximum Gasteiger partial charge on any atom is 0.356 e. The largest absolute Gasteiger partial charge is 0.476 e. The molecule has 3 aromatic rings. The van der Waals surface area contributed by atoms with Crippen molar-refractivity contribution in [2.24, 2.45) is 0 Å². The van der Waals surface area contributed by atoms with Crippen LogP contribution in [0, 0.1) is 13.8 Å². The van der Waals surface area contributed by atoms with E-state index in [2.05, 4.69) is 5.10 Å². The fourth-order valence-corrected chi connectivity index (χ4v) is 2.86. The Hall–Kier alpha value is -2.24. The highest BCUT2D eigenvalue weighted by atomic mass is 35.5. The van der Waals surface area contributed by atoms with Crippen molar-refractivity contribution >= 4 is 29.2 Å². The summed E-state index contributed by atoms with van der Waals surface area (Å²) in [6.45, 7) is 3.57. The number of halogens is 2. The molecule has 1 aromatic carbocycles. The van der Waals surface area contributed by atoms with E-state index in [0.717, 1.165) is 5.56 Å². The van der Waals surface area contributed by atoms with Gasteiger partial charge in [0.05, 0.1) is 17.0 Å². The predicted octanol–water partition coefficient (Wildman–Crippen LogP) is 4.75. The van der Waals surface area contributed by atoms with E-state index in [-0.39, 0.29) is 5.69 Å². The van der Waals surface area contributed by atoms with Gasteiger partial charge in [-0.15, -0.1) is 0 Å². The predicted molar refractivity (Wildman–Crippen MR) is 87.7 cm³/mol. The first-order valence-electron chi connectivity index (χ1n) is 6.72. The zero-order valence-corrected chi connectivity index (χ0v) is 13.8. The Morgan fingerprint density at radius 1 is 1.26 bits per heavy atom. The van der Waals surface area contributed by atoms with Crippen LogP contribution in [0.2, 0.25) is 10.0 Å². The van der Waals surface area contributed by atoms with Gasteiger partial charge in [0.1, 0.15) is 5.69 Å². The second-order valence-electron chi connectivity index (χ2n) is 5.12. The van der Waals surface area contributed by atoms with Crippen molar-refractivity contribution in [3.8, 4) is 17.1 Å². The molecule has 0 saturated carbocycles. The van der Waals surface area contributed by atoms with Crippen molar-refractivity contribution in [1.29, 1.82) is 0 Å². The molecule has 0 bridgehead atoms. The van der Waals surface area contributed by atoms with E-state index in [0.29, 0.717) is 32.8 Å². The SMILES string of the molecule is Cc1coc(-c2c(C)c(C(=O)O)nn2-c2ccc(Cl)cc2Cl)c1. The van der Waals surface area contributed by atoms with Gasteiger partial charge in [0.15, 0.2) is 11.5 Å². The average Bonchev–Trinajstić information content (AvgIpc) is 3.02. The topological polar surface area (TPSA) is 68.3 Å². The molecule has 0 amide bonds. The van der Waals surface area contributed by atoms with Crippen LogP contribution in [0.1, 0.15) is 21.6 Å². The van der Waals surface area contributed by atoms with Crippen LogP contribution in [-0.2, 0) is 0 Å². The molecule has 7 heteroatoms. The van der Waals surface area contributed by atoms with E-state index in [1.807, 2.05) is 13.0 Å². The van der Waals surface area contributed by atoms with Crippen molar-refractivity contribution < 1.29 is 14.3 Å². The third kappa shape index (κ3) is 2.73. The van der Waals surface area contributed by atoms with Crippen molar-refractivity contribution in [1.82, 2.24) is 9.78 Å². The van der Waals surface area contributed by atoms with E-state index in [1.165, 1.54) is 4.68 Å². The second-order valence-corrected chi connectivity index (χ2v) is 5.97. The Labute approximate surface area is 142 Å². The molecule has 0 aliphatic rings. The van der Waals surface area contributed by atoms with Crippen LogP contribution >= 0.6 is 23.2 Å². The number of furan rings is 1. The normalized spacial score (nSPS) is 11.0. The fraction of sp³-hybridized carbons (Fsp3) is 0.125. The number of hydrogen-bond acceptors (Lipinski definition) is 3. The molecule has 0 saturated heterocycles. The van der Waals surface area contributed by atoms with E-state index in [4.69, 9.17) is 27.6 Å². The van der Waals surface area contributed by atoms with Gasteiger partial charge in [-0.25, -0.2) is 9.48 Å². The molecule has 118 valence electrons. The number of aromatic nitrogens is 2. The van der Waals surface area contributed by atoms with E-state index < -0.39 is 5.97 Å². The third-order valence-electron chi connectivity index (χ3n) is 3.43. The van der Waals surface area contributed by atoms with E-state index in [9.17, 15) is 9.90 Å². The lowest BCUT2D eigenvalue weighted by atomic mass is 10.1. The molecular weight excluding hydrogens is 339 g/mol. The molecule has 0 aliphatic heterocycles. The maximum absolute atomic E-state index is 11.4. The van der Waals surface area contributed by atoms with Gasteiger partial charge in [-0.1, -0.05) is 23.2 Å². The first-order chi connectivity index (χ1) is 10.9. The summed E-state index contributed by atoms with van der Waals surface area (Å²) < 4.78 is 7.00. The first kappa shape index (κ1) is 15.6. The van der Waals surface area contributed by atoms with Gasteiger partial charge < -0.3 is 9.52 Å². The number of carboxylic acids is 1. The minimum atomic E-state index is -1.11. The molecule has 0 atom stereocenters. The monoisotopic (exact) mass is 350 g/mol. The maximum atomic E-state index is 11.4. The lowest BCUT2D eigenvalue weighted by Crippen LogP contribution is -2.03. The van der Waals surface area contributed by atoms with Crippen LogP contribution in [0.25, 0.3) is 17.1 Å². The Morgan fingerprint density at radius 2 is 2.00 bits per heavy atom. The highest BCUT2D eigenvalue weighted by Crippen LogP contribution is 2.33. The smallest absolute Gasteiger partial charge is 0.356 e. The summed E-state index contributed by atoms with van der Waals surface area (Å²) in [5.41, 5.74) is 2.43. The molecule has 5 nitrogen and oxygen atoms in total. The number of nitrogens with zero attached hydrogens (tertiary/aromatic N) is 2. The van der Waals surface area contributed by atoms with Crippen LogP contribution < -0.4 is 0 Å². The molecule has 0 fully saturated rings. The summed E-state index contributed by atoms with van der Waals surface area (Å²) in [5, 5.41) is 14.4. The Morgan fingerprint density at radius 3 is 2.57 bits per heavy atom. The molecule has 0 aliphatic carbocycles. The Balaban J connectivity index is 2.31. The standard InChI is InChI=1S/C16H12Cl2N2O3/c1-8-5-13(23-7-8)15-9(2)14(16(21)22)19-20(15)12-4-3-10(17)6-11(12)18/h3-7H,1-2H3,(H,21,22). The summed E-state index contributed by atoms with van der Waals surface area (Å²) in [5.74, 6) is -0.595. The number of benzene rings is 1. The highest BCUT2D eigenvalue weighted by molar-refractivity contribution is 6.35. The van der Waals surface area contributed by atoms with Crippen LogP contribution in [-0.4, -0.2) is 20.9 Å². The summed E-state index contributed by atoms with van der Waals surface area (Å²) in [6.07, 6.45) is 1.59. The zero-order valence-electron chi connectivity index (χ0n) is 12.3.